The van der Waals surface area contributed by atoms with Crippen LogP contribution in [0.15, 0.2) is 34.9 Å². The van der Waals surface area contributed by atoms with E-state index >= 15 is 0 Å². The van der Waals surface area contributed by atoms with Gasteiger partial charge in [-0.3, -0.25) is 4.79 Å². The number of nitriles is 1. The molecule has 0 radical (unpaired) electrons. The summed E-state index contributed by atoms with van der Waals surface area (Å²) in [7, 11) is 0. The smallest absolute Gasteiger partial charge is 0.303 e. The predicted octanol–water partition coefficient (Wildman–Crippen LogP) is 4.64. The fourth-order valence-electron chi connectivity index (χ4n) is 2.09. The van der Waals surface area contributed by atoms with E-state index in [2.05, 4.69) is 11.7 Å². The van der Waals surface area contributed by atoms with Gasteiger partial charge in [-0.15, -0.1) is 0 Å². The molecule has 1 unspecified atom stereocenters. The van der Waals surface area contributed by atoms with Gasteiger partial charge >= 0.3 is 5.97 Å². The summed E-state index contributed by atoms with van der Waals surface area (Å²) in [5.41, 5.74) is 1.39. The van der Waals surface area contributed by atoms with Crippen LogP contribution in [0.1, 0.15) is 24.4 Å². The molecule has 1 aromatic carbocycles. The van der Waals surface area contributed by atoms with Crippen molar-refractivity contribution in [2.75, 3.05) is 0 Å². The van der Waals surface area contributed by atoms with E-state index in [1.165, 1.54) is 6.92 Å². The molecule has 0 aliphatic carbocycles. The Morgan fingerprint density at radius 1 is 1.48 bits per heavy atom. The number of rotatable bonds is 4. The number of aromatic nitrogens is 1. The molecule has 0 saturated carbocycles. The minimum atomic E-state index is -0.995. The molecule has 23 heavy (non-hydrogen) atoms. The van der Waals surface area contributed by atoms with E-state index in [0.29, 0.717) is 32.6 Å². The molecule has 0 aliphatic heterocycles. The third kappa shape index (κ3) is 3.55. The number of aryl methyl sites for hydroxylation is 1. The maximum atomic E-state index is 11.4. The Balaban J connectivity index is 2.63. The van der Waals surface area contributed by atoms with E-state index in [9.17, 15) is 4.79 Å². The lowest BCUT2D eigenvalue weighted by Crippen LogP contribution is -2.11. The van der Waals surface area contributed by atoms with Gasteiger partial charge in [0.15, 0.2) is 6.10 Å². The molecule has 2 aromatic rings. The van der Waals surface area contributed by atoms with Gasteiger partial charge in [-0.1, -0.05) is 34.9 Å². The van der Waals surface area contributed by atoms with E-state index in [0.717, 1.165) is 0 Å². The zero-order valence-electron chi connectivity index (χ0n) is 12.4. The lowest BCUT2D eigenvalue weighted by atomic mass is 9.97. The summed E-state index contributed by atoms with van der Waals surface area (Å²) in [6, 6.07) is 6.78. The van der Waals surface area contributed by atoms with E-state index in [-0.39, 0.29) is 5.57 Å². The maximum absolute atomic E-state index is 11.4. The summed E-state index contributed by atoms with van der Waals surface area (Å²) in [5.74, 6) is -0.159. The molecule has 0 N–H and O–H groups in total. The van der Waals surface area contributed by atoms with E-state index in [4.69, 9.17) is 37.7 Å². The Bertz CT molecular complexity index is 821. The minimum Gasteiger partial charge on any atom is -0.452 e. The number of esters is 1. The molecular formula is C16H12Cl2N2O3. The number of hydrogen-bond donors (Lipinski definition) is 0. The van der Waals surface area contributed by atoms with Crippen molar-refractivity contribution in [3.63, 3.8) is 0 Å². The normalized spacial score (nSPS) is 11.6. The SMILES string of the molecule is C=C(C#N)C(OC(C)=O)c1c(-c2ccc(Cl)cc2Cl)noc1C. The third-order valence-corrected chi connectivity index (χ3v) is 3.65. The number of benzene rings is 1. The summed E-state index contributed by atoms with van der Waals surface area (Å²) in [4.78, 5) is 11.4. The van der Waals surface area contributed by atoms with Crippen molar-refractivity contribution in [3.8, 4) is 17.3 Å². The molecule has 0 bridgehead atoms. The molecule has 1 heterocycles. The molecular weight excluding hydrogens is 339 g/mol. The Hall–Kier alpha value is -2.29. The summed E-state index contributed by atoms with van der Waals surface area (Å²) in [6.45, 7) is 6.53. The van der Waals surface area contributed by atoms with Crippen molar-refractivity contribution in [2.45, 2.75) is 20.0 Å². The van der Waals surface area contributed by atoms with Crippen molar-refractivity contribution < 1.29 is 14.1 Å². The number of carbonyl (C=O) groups excluding carboxylic acids is 1. The van der Waals surface area contributed by atoms with Crippen LogP contribution in [0, 0.1) is 18.3 Å². The van der Waals surface area contributed by atoms with Crippen molar-refractivity contribution >= 4 is 29.2 Å². The highest BCUT2D eigenvalue weighted by molar-refractivity contribution is 6.36. The van der Waals surface area contributed by atoms with Gasteiger partial charge in [-0.05, 0) is 25.1 Å². The first kappa shape index (κ1) is 17.1. The molecule has 0 fully saturated rings. The Kier molecular flexibility index (Phi) is 5.09. The Morgan fingerprint density at radius 3 is 2.74 bits per heavy atom. The largest absolute Gasteiger partial charge is 0.452 e. The van der Waals surface area contributed by atoms with Crippen LogP contribution < -0.4 is 0 Å². The van der Waals surface area contributed by atoms with Gasteiger partial charge in [-0.25, -0.2) is 0 Å². The van der Waals surface area contributed by atoms with Gasteiger partial charge in [-0.2, -0.15) is 5.26 Å². The lowest BCUT2D eigenvalue weighted by Gasteiger charge is -2.16. The first-order chi connectivity index (χ1) is 10.8. The van der Waals surface area contributed by atoms with Gasteiger partial charge in [0.1, 0.15) is 11.5 Å². The van der Waals surface area contributed by atoms with Crippen molar-refractivity contribution in [1.29, 1.82) is 5.26 Å². The Labute approximate surface area is 143 Å². The fraction of sp³-hybridized carbons (Fsp3) is 0.188. The molecule has 0 spiro atoms. The first-order valence-electron chi connectivity index (χ1n) is 6.52. The zero-order chi connectivity index (χ0) is 17.1. The quantitative estimate of drug-likeness (QED) is 0.592. The average molecular weight is 351 g/mol. The molecule has 1 aromatic heterocycles. The number of nitrogens with zero attached hydrogens (tertiary/aromatic N) is 2. The van der Waals surface area contributed by atoms with Gasteiger partial charge in [0.25, 0.3) is 0 Å². The molecule has 0 aliphatic rings. The van der Waals surface area contributed by atoms with Crippen LogP contribution >= 0.6 is 23.2 Å². The topological polar surface area (TPSA) is 76.1 Å². The Morgan fingerprint density at radius 2 is 2.17 bits per heavy atom. The standard InChI is InChI=1S/C16H12Cl2N2O3/c1-8(7-19)16(22-10(3)21)14-9(2)23-20-15(14)12-5-4-11(17)6-13(12)18/h4-6,16H,1H2,2-3H3. The molecule has 7 heteroatoms. The first-order valence-corrected chi connectivity index (χ1v) is 7.28. The molecule has 5 nitrogen and oxygen atoms in total. The van der Waals surface area contributed by atoms with Crippen LogP contribution in [0.4, 0.5) is 0 Å². The van der Waals surface area contributed by atoms with E-state index < -0.39 is 12.1 Å². The highest BCUT2D eigenvalue weighted by Crippen LogP contribution is 2.39. The zero-order valence-corrected chi connectivity index (χ0v) is 13.9. The van der Waals surface area contributed by atoms with E-state index in [1.54, 1.807) is 25.1 Å². The molecule has 1 atom stereocenters. The number of ether oxygens (including phenoxy) is 1. The van der Waals surface area contributed by atoms with Crippen molar-refractivity contribution in [2.24, 2.45) is 0 Å². The maximum Gasteiger partial charge on any atom is 0.303 e. The van der Waals surface area contributed by atoms with Crippen LogP contribution in [0.3, 0.4) is 0 Å². The van der Waals surface area contributed by atoms with Crippen LogP contribution in [0.2, 0.25) is 10.0 Å². The summed E-state index contributed by atoms with van der Waals surface area (Å²) < 4.78 is 10.4. The van der Waals surface area contributed by atoms with Crippen LogP contribution in [-0.4, -0.2) is 11.1 Å². The summed E-state index contributed by atoms with van der Waals surface area (Å²) >= 11 is 12.1. The van der Waals surface area contributed by atoms with Gasteiger partial charge in [0, 0.05) is 17.5 Å². The second kappa shape index (κ2) is 6.86. The highest BCUT2D eigenvalue weighted by atomic mass is 35.5. The second-order valence-corrected chi connectivity index (χ2v) is 5.60. The predicted molar refractivity (Wildman–Crippen MR) is 86.0 cm³/mol. The molecule has 2 rings (SSSR count). The highest BCUT2D eigenvalue weighted by Gasteiger charge is 2.29. The lowest BCUT2D eigenvalue weighted by molar-refractivity contribution is -0.144. The van der Waals surface area contributed by atoms with Crippen LogP contribution in [-0.2, 0) is 9.53 Å². The summed E-state index contributed by atoms with van der Waals surface area (Å²) in [5, 5.41) is 13.9. The average Bonchev–Trinajstić information content (AvgIpc) is 2.85. The van der Waals surface area contributed by atoms with Crippen molar-refractivity contribution in [3.05, 3.63) is 51.7 Å². The minimum absolute atomic E-state index is 0.0536. The van der Waals surface area contributed by atoms with E-state index in [1.807, 2.05) is 6.07 Å². The van der Waals surface area contributed by atoms with Crippen LogP contribution in [0.5, 0.6) is 0 Å². The summed E-state index contributed by atoms with van der Waals surface area (Å²) in [6.07, 6.45) is -0.995. The number of halogens is 2. The van der Waals surface area contributed by atoms with Crippen LogP contribution in [0.25, 0.3) is 11.3 Å². The van der Waals surface area contributed by atoms with Gasteiger partial charge in [0.05, 0.1) is 22.2 Å². The monoisotopic (exact) mass is 350 g/mol. The van der Waals surface area contributed by atoms with Gasteiger partial charge < -0.3 is 9.26 Å². The molecule has 0 saturated heterocycles. The second-order valence-electron chi connectivity index (χ2n) is 4.75. The fourth-order valence-corrected chi connectivity index (χ4v) is 2.59. The third-order valence-electron chi connectivity index (χ3n) is 3.10. The van der Waals surface area contributed by atoms with Gasteiger partial charge in [0.2, 0.25) is 0 Å². The molecule has 0 amide bonds. The van der Waals surface area contributed by atoms with Crippen molar-refractivity contribution in [1.82, 2.24) is 5.16 Å². The molecule has 118 valence electrons. The number of carbonyl (C=O) groups is 1. The number of hydrogen-bond acceptors (Lipinski definition) is 5.